The second-order valence-corrected chi connectivity index (χ2v) is 4.06. The first kappa shape index (κ1) is 10.6. The second kappa shape index (κ2) is 4.27. The van der Waals surface area contributed by atoms with E-state index in [1.807, 2.05) is 37.3 Å². The van der Waals surface area contributed by atoms with Crippen molar-refractivity contribution >= 4 is 11.4 Å². The highest BCUT2D eigenvalue weighted by Gasteiger charge is 2.04. The van der Waals surface area contributed by atoms with Crippen LogP contribution < -0.4 is 11.5 Å². The van der Waals surface area contributed by atoms with Crippen LogP contribution in [0.15, 0.2) is 42.5 Å². The van der Waals surface area contributed by atoms with Gasteiger partial charge in [0.2, 0.25) is 0 Å². The van der Waals surface area contributed by atoms with Crippen LogP contribution in [-0.4, -0.2) is 0 Å². The van der Waals surface area contributed by atoms with E-state index in [0.717, 1.165) is 23.4 Å². The fourth-order valence-electron chi connectivity index (χ4n) is 1.82. The summed E-state index contributed by atoms with van der Waals surface area (Å²) in [5.41, 5.74) is 16.8. The molecule has 0 aromatic heterocycles. The molecule has 2 rings (SSSR count). The van der Waals surface area contributed by atoms with Crippen molar-refractivity contribution in [2.75, 3.05) is 11.5 Å². The number of nitrogen functional groups attached to an aromatic ring is 2. The van der Waals surface area contributed by atoms with Crippen LogP contribution in [0.5, 0.6) is 0 Å². The summed E-state index contributed by atoms with van der Waals surface area (Å²) in [6.45, 7) is 2.03. The van der Waals surface area contributed by atoms with Crippen molar-refractivity contribution in [1.82, 2.24) is 0 Å². The van der Waals surface area contributed by atoms with Crippen molar-refractivity contribution < 1.29 is 0 Å². The predicted octanol–water partition coefficient (Wildman–Crippen LogP) is 2.75. The zero-order valence-corrected chi connectivity index (χ0v) is 9.40. The van der Waals surface area contributed by atoms with Gasteiger partial charge >= 0.3 is 0 Å². The molecule has 0 aliphatic heterocycles. The van der Waals surface area contributed by atoms with Crippen LogP contribution in [-0.2, 0) is 6.42 Å². The molecule has 0 amide bonds. The number of rotatable bonds is 2. The van der Waals surface area contributed by atoms with Gasteiger partial charge in [-0.15, -0.1) is 0 Å². The average Bonchev–Trinajstić information content (AvgIpc) is 2.27. The highest BCUT2D eigenvalue weighted by molar-refractivity contribution is 5.60. The van der Waals surface area contributed by atoms with Gasteiger partial charge in [0.25, 0.3) is 0 Å². The van der Waals surface area contributed by atoms with E-state index in [4.69, 9.17) is 11.5 Å². The minimum absolute atomic E-state index is 0.731. The Bertz CT molecular complexity index is 490. The Morgan fingerprint density at radius 2 is 1.69 bits per heavy atom. The maximum absolute atomic E-state index is 5.90. The number of nitrogens with two attached hydrogens (primary N) is 2. The van der Waals surface area contributed by atoms with Gasteiger partial charge in [-0.25, -0.2) is 0 Å². The van der Waals surface area contributed by atoms with Crippen LogP contribution in [0.4, 0.5) is 11.4 Å². The molecule has 0 aliphatic rings. The topological polar surface area (TPSA) is 52.0 Å². The molecule has 16 heavy (non-hydrogen) atoms. The van der Waals surface area contributed by atoms with Gasteiger partial charge in [-0.3, -0.25) is 0 Å². The average molecular weight is 212 g/mol. The fraction of sp³-hybridized carbons (Fsp3) is 0.143. The molecule has 4 N–H and O–H groups in total. The molecular weight excluding hydrogens is 196 g/mol. The Morgan fingerprint density at radius 1 is 1.00 bits per heavy atom. The first-order chi connectivity index (χ1) is 7.66. The third-order valence-electron chi connectivity index (χ3n) is 2.82. The lowest BCUT2D eigenvalue weighted by Crippen LogP contribution is -1.99. The molecule has 0 radical (unpaired) electrons. The molecule has 2 aromatic carbocycles. The summed E-state index contributed by atoms with van der Waals surface area (Å²) in [5.74, 6) is 0. The van der Waals surface area contributed by atoms with Gasteiger partial charge in [-0.05, 0) is 42.2 Å². The van der Waals surface area contributed by atoms with Crippen LogP contribution >= 0.6 is 0 Å². The summed E-state index contributed by atoms with van der Waals surface area (Å²) in [6.07, 6.45) is 0.877. The number of hydrogen-bond donors (Lipinski definition) is 2. The Morgan fingerprint density at radius 3 is 2.38 bits per heavy atom. The molecule has 0 fully saturated rings. The summed E-state index contributed by atoms with van der Waals surface area (Å²) < 4.78 is 0. The molecule has 0 saturated carbocycles. The monoisotopic (exact) mass is 212 g/mol. The molecule has 2 aromatic rings. The van der Waals surface area contributed by atoms with Gasteiger partial charge in [-0.1, -0.05) is 30.3 Å². The van der Waals surface area contributed by atoms with Gasteiger partial charge in [-0.2, -0.15) is 0 Å². The van der Waals surface area contributed by atoms with Gasteiger partial charge in [0, 0.05) is 11.4 Å². The largest absolute Gasteiger partial charge is 0.399 e. The van der Waals surface area contributed by atoms with E-state index in [0.29, 0.717) is 0 Å². The van der Waals surface area contributed by atoms with Crippen molar-refractivity contribution in [2.24, 2.45) is 0 Å². The van der Waals surface area contributed by atoms with Crippen LogP contribution in [0.25, 0.3) is 0 Å². The van der Waals surface area contributed by atoms with Crippen LogP contribution in [0, 0.1) is 6.92 Å². The normalized spacial score (nSPS) is 10.3. The molecule has 0 saturated heterocycles. The van der Waals surface area contributed by atoms with E-state index in [1.165, 1.54) is 11.1 Å². The SMILES string of the molecule is Cc1c(N)cc(N)cc1Cc1ccccc1. The molecular formula is C14H16N2. The van der Waals surface area contributed by atoms with Crippen molar-refractivity contribution in [1.29, 1.82) is 0 Å². The molecule has 0 bridgehead atoms. The zero-order chi connectivity index (χ0) is 11.5. The lowest BCUT2D eigenvalue weighted by atomic mass is 9.99. The van der Waals surface area contributed by atoms with E-state index in [2.05, 4.69) is 12.1 Å². The third kappa shape index (κ3) is 2.16. The zero-order valence-electron chi connectivity index (χ0n) is 9.40. The van der Waals surface area contributed by atoms with Gasteiger partial charge in [0.05, 0.1) is 0 Å². The lowest BCUT2D eigenvalue weighted by molar-refractivity contribution is 1.16. The summed E-state index contributed by atoms with van der Waals surface area (Å²) in [5, 5.41) is 0. The van der Waals surface area contributed by atoms with E-state index in [1.54, 1.807) is 0 Å². The summed E-state index contributed by atoms with van der Waals surface area (Å²) >= 11 is 0. The Labute approximate surface area is 95.9 Å². The summed E-state index contributed by atoms with van der Waals surface area (Å²) in [7, 11) is 0. The highest BCUT2D eigenvalue weighted by Crippen LogP contribution is 2.22. The molecule has 2 heteroatoms. The molecule has 2 nitrogen and oxygen atoms in total. The molecule has 0 atom stereocenters. The molecule has 0 unspecified atom stereocenters. The van der Waals surface area contributed by atoms with Crippen molar-refractivity contribution in [3.05, 3.63) is 59.2 Å². The Hall–Kier alpha value is -1.96. The summed E-state index contributed by atoms with van der Waals surface area (Å²) in [4.78, 5) is 0. The van der Waals surface area contributed by atoms with Crippen LogP contribution in [0.2, 0.25) is 0 Å². The van der Waals surface area contributed by atoms with Crippen molar-refractivity contribution in [3.63, 3.8) is 0 Å². The standard InChI is InChI=1S/C14H16N2/c1-10-12(8-13(15)9-14(10)16)7-11-5-3-2-4-6-11/h2-6,8-9H,7,15-16H2,1H3. The van der Waals surface area contributed by atoms with Gasteiger partial charge in [0.15, 0.2) is 0 Å². The molecule has 0 heterocycles. The summed E-state index contributed by atoms with van der Waals surface area (Å²) in [6, 6.07) is 14.1. The van der Waals surface area contributed by atoms with Crippen LogP contribution in [0.1, 0.15) is 16.7 Å². The second-order valence-electron chi connectivity index (χ2n) is 4.06. The first-order valence-electron chi connectivity index (χ1n) is 5.35. The van der Waals surface area contributed by atoms with E-state index in [-0.39, 0.29) is 0 Å². The number of benzene rings is 2. The van der Waals surface area contributed by atoms with Crippen molar-refractivity contribution in [2.45, 2.75) is 13.3 Å². The predicted molar refractivity (Wildman–Crippen MR) is 69.3 cm³/mol. The lowest BCUT2D eigenvalue weighted by Gasteiger charge is -2.10. The maximum Gasteiger partial charge on any atom is 0.0367 e. The molecule has 0 aliphatic carbocycles. The minimum Gasteiger partial charge on any atom is -0.399 e. The highest BCUT2D eigenvalue weighted by atomic mass is 14.6. The van der Waals surface area contributed by atoms with E-state index < -0.39 is 0 Å². The van der Waals surface area contributed by atoms with E-state index in [9.17, 15) is 0 Å². The molecule has 0 spiro atoms. The quantitative estimate of drug-likeness (QED) is 0.752. The minimum atomic E-state index is 0.731. The third-order valence-corrected chi connectivity index (χ3v) is 2.82. The number of hydrogen-bond acceptors (Lipinski definition) is 2. The number of anilines is 2. The fourth-order valence-corrected chi connectivity index (χ4v) is 1.82. The van der Waals surface area contributed by atoms with Gasteiger partial charge in [0.1, 0.15) is 0 Å². The molecule has 82 valence electrons. The van der Waals surface area contributed by atoms with E-state index >= 15 is 0 Å². The Kier molecular flexibility index (Phi) is 2.82. The Balaban J connectivity index is 2.35. The van der Waals surface area contributed by atoms with Crippen LogP contribution in [0.3, 0.4) is 0 Å². The van der Waals surface area contributed by atoms with Crippen molar-refractivity contribution in [3.8, 4) is 0 Å². The first-order valence-corrected chi connectivity index (χ1v) is 5.35. The van der Waals surface area contributed by atoms with Gasteiger partial charge < -0.3 is 11.5 Å². The smallest absolute Gasteiger partial charge is 0.0367 e. The maximum atomic E-state index is 5.90.